The first-order valence-corrected chi connectivity index (χ1v) is 6.41. The van der Waals surface area contributed by atoms with Gasteiger partial charge < -0.3 is 11.1 Å². The smallest absolute Gasteiger partial charge is 0.137 e. The molecule has 0 spiro atoms. The molecule has 5 nitrogen and oxygen atoms in total. The Bertz CT molecular complexity index is 727. The number of nitrogens with two attached hydrogens (primary N) is 1. The van der Waals surface area contributed by atoms with E-state index in [2.05, 4.69) is 27.2 Å². The highest BCUT2D eigenvalue weighted by Gasteiger charge is 2.09. The SMILES string of the molecule is CC(Nc1ncnc2cc(N)ccc12)c1cccnc1. The van der Waals surface area contributed by atoms with Crippen molar-refractivity contribution >= 4 is 22.4 Å². The second-order valence-corrected chi connectivity index (χ2v) is 4.65. The maximum Gasteiger partial charge on any atom is 0.137 e. The number of hydrogen-bond donors (Lipinski definition) is 2. The molecule has 0 bridgehead atoms. The van der Waals surface area contributed by atoms with Crippen LogP contribution in [-0.2, 0) is 0 Å². The quantitative estimate of drug-likeness (QED) is 0.712. The van der Waals surface area contributed by atoms with E-state index >= 15 is 0 Å². The number of rotatable bonds is 3. The molecule has 1 atom stereocenters. The summed E-state index contributed by atoms with van der Waals surface area (Å²) in [4.78, 5) is 12.7. The number of nitrogens with one attached hydrogen (secondary N) is 1. The van der Waals surface area contributed by atoms with Crippen molar-refractivity contribution < 1.29 is 0 Å². The Labute approximate surface area is 116 Å². The van der Waals surface area contributed by atoms with E-state index < -0.39 is 0 Å². The van der Waals surface area contributed by atoms with E-state index in [1.54, 1.807) is 12.5 Å². The lowest BCUT2D eigenvalue weighted by molar-refractivity contribution is 0.867. The summed E-state index contributed by atoms with van der Waals surface area (Å²) in [6.45, 7) is 2.07. The fraction of sp³-hybridized carbons (Fsp3) is 0.133. The summed E-state index contributed by atoms with van der Waals surface area (Å²) in [6, 6.07) is 9.70. The van der Waals surface area contributed by atoms with Crippen LogP contribution in [0.3, 0.4) is 0 Å². The van der Waals surface area contributed by atoms with Gasteiger partial charge in [0.15, 0.2) is 0 Å². The van der Waals surface area contributed by atoms with Crippen LogP contribution in [0.4, 0.5) is 11.5 Å². The number of hydrogen-bond acceptors (Lipinski definition) is 5. The molecule has 2 heterocycles. The third-order valence-corrected chi connectivity index (χ3v) is 3.20. The van der Waals surface area contributed by atoms with Gasteiger partial charge in [-0.2, -0.15) is 0 Å². The van der Waals surface area contributed by atoms with Gasteiger partial charge >= 0.3 is 0 Å². The second-order valence-electron chi connectivity index (χ2n) is 4.65. The van der Waals surface area contributed by atoms with Gasteiger partial charge in [-0.05, 0) is 36.8 Å². The van der Waals surface area contributed by atoms with Crippen molar-refractivity contribution in [3.8, 4) is 0 Å². The van der Waals surface area contributed by atoms with Crippen molar-refractivity contribution in [2.75, 3.05) is 11.1 Å². The van der Waals surface area contributed by atoms with Crippen molar-refractivity contribution in [3.63, 3.8) is 0 Å². The van der Waals surface area contributed by atoms with E-state index in [0.29, 0.717) is 5.69 Å². The molecule has 0 saturated carbocycles. The zero-order valence-corrected chi connectivity index (χ0v) is 11.1. The van der Waals surface area contributed by atoms with Gasteiger partial charge in [-0.1, -0.05) is 6.07 Å². The number of aromatic nitrogens is 3. The van der Waals surface area contributed by atoms with Gasteiger partial charge in [0.2, 0.25) is 0 Å². The van der Waals surface area contributed by atoms with Crippen molar-refractivity contribution in [3.05, 3.63) is 54.6 Å². The molecule has 0 aliphatic carbocycles. The Morgan fingerprint density at radius 3 is 2.90 bits per heavy atom. The third kappa shape index (κ3) is 2.38. The van der Waals surface area contributed by atoms with Gasteiger partial charge in [0.05, 0.1) is 11.6 Å². The topological polar surface area (TPSA) is 76.7 Å². The minimum atomic E-state index is 0.111. The summed E-state index contributed by atoms with van der Waals surface area (Å²) in [5, 5.41) is 4.34. The molecule has 1 unspecified atom stereocenters. The Hall–Kier alpha value is -2.69. The van der Waals surface area contributed by atoms with E-state index in [-0.39, 0.29) is 6.04 Å². The fourth-order valence-electron chi connectivity index (χ4n) is 2.11. The maximum absolute atomic E-state index is 5.78. The van der Waals surface area contributed by atoms with Crippen molar-refractivity contribution in [1.29, 1.82) is 0 Å². The highest BCUT2D eigenvalue weighted by molar-refractivity contribution is 5.90. The molecule has 0 aliphatic rings. The van der Waals surface area contributed by atoms with E-state index in [4.69, 9.17) is 5.73 Å². The Morgan fingerprint density at radius 1 is 1.20 bits per heavy atom. The summed E-state index contributed by atoms with van der Waals surface area (Å²) in [5.74, 6) is 0.798. The number of nitrogen functional groups attached to an aromatic ring is 1. The first-order chi connectivity index (χ1) is 9.74. The van der Waals surface area contributed by atoms with Crippen LogP contribution in [0.1, 0.15) is 18.5 Å². The highest BCUT2D eigenvalue weighted by atomic mass is 15.0. The predicted molar refractivity (Wildman–Crippen MR) is 80.2 cm³/mol. The largest absolute Gasteiger partial charge is 0.399 e. The van der Waals surface area contributed by atoms with Crippen LogP contribution < -0.4 is 11.1 Å². The highest BCUT2D eigenvalue weighted by Crippen LogP contribution is 2.24. The monoisotopic (exact) mass is 265 g/mol. The minimum absolute atomic E-state index is 0.111. The van der Waals surface area contributed by atoms with E-state index in [9.17, 15) is 0 Å². The molecule has 20 heavy (non-hydrogen) atoms. The van der Waals surface area contributed by atoms with Crippen molar-refractivity contribution in [1.82, 2.24) is 15.0 Å². The summed E-state index contributed by atoms with van der Waals surface area (Å²) in [6.07, 6.45) is 5.15. The fourth-order valence-corrected chi connectivity index (χ4v) is 2.11. The van der Waals surface area contributed by atoms with Gasteiger partial charge in [-0.15, -0.1) is 0 Å². The first-order valence-electron chi connectivity index (χ1n) is 6.41. The number of anilines is 2. The Kier molecular flexibility index (Phi) is 3.16. The molecule has 0 fully saturated rings. The molecule has 0 saturated heterocycles. The van der Waals surface area contributed by atoms with Gasteiger partial charge in [-0.25, -0.2) is 9.97 Å². The van der Waals surface area contributed by atoms with Crippen LogP contribution in [-0.4, -0.2) is 15.0 Å². The van der Waals surface area contributed by atoms with Gasteiger partial charge in [0.25, 0.3) is 0 Å². The normalized spacial score (nSPS) is 12.2. The minimum Gasteiger partial charge on any atom is -0.399 e. The molecular formula is C15H15N5. The maximum atomic E-state index is 5.78. The predicted octanol–water partition coefficient (Wildman–Crippen LogP) is 2.78. The molecule has 0 radical (unpaired) electrons. The summed E-state index contributed by atoms with van der Waals surface area (Å²) in [5.41, 5.74) is 8.41. The molecule has 2 aromatic heterocycles. The van der Waals surface area contributed by atoms with Crippen LogP contribution in [0.2, 0.25) is 0 Å². The first kappa shape index (κ1) is 12.3. The third-order valence-electron chi connectivity index (χ3n) is 3.20. The average Bonchev–Trinajstić information content (AvgIpc) is 2.48. The van der Waals surface area contributed by atoms with Crippen molar-refractivity contribution in [2.45, 2.75) is 13.0 Å². The van der Waals surface area contributed by atoms with Crippen LogP contribution in [0.25, 0.3) is 10.9 Å². The lowest BCUT2D eigenvalue weighted by Crippen LogP contribution is -2.08. The lowest BCUT2D eigenvalue weighted by atomic mass is 10.1. The number of benzene rings is 1. The number of pyridine rings is 1. The molecule has 100 valence electrons. The molecule has 3 aromatic rings. The van der Waals surface area contributed by atoms with Crippen LogP contribution in [0.15, 0.2) is 49.1 Å². The molecule has 1 aromatic carbocycles. The van der Waals surface area contributed by atoms with E-state index in [0.717, 1.165) is 22.3 Å². The molecule has 5 heteroatoms. The average molecular weight is 265 g/mol. The van der Waals surface area contributed by atoms with Gasteiger partial charge in [0, 0.05) is 23.5 Å². The molecule has 0 aliphatic heterocycles. The summed E-state index contributed by atoms with van der Waals surface area (Å²) < 4.78 is 0. The molecule has 3 N–H and O–H groups in total. The van der Waals surface area contributed by atoms with Crippen molar-refractivity contribution in [2.24, 2.45) is 0 Å². The van der Waals surface area contributed by atoms with Crippen LogP contribution in [0.5, 0.6) is 0 Å². The lowest BCUT2D eigenvalue weighted by Gasteiger charge is -2.15. The standard InChI is InChI=1S/C15H15N5/c1-10(11-3-2-6-17-8-11)20-15-13-5-4-12(16)7-14(13)18-9-19-15/h2-10H,16H2,1H3,(H,18,19,20). The second kappa shape index (κ2) is 5.13. The number of fused-ring (bicyclic) bond motifs is 1. The molecule has 0 amide bonds. The zero-order chi connectivity index (χ0) is 13.9. The molecular weight excluding hydrogens is 250 g/mol. The van der Waals surface area contributed by atoms with Gasteiger partial charge in [0.1, 0.15) is 12.1 Å². The van der Waals surface area contributed by atoms with E-state index in [1.807, 2.05) is 36.5 Å². The zero-order valence-electron chi connectivity index (χ0n) is 11.1. The van der Waals surface area contributed by atoms with E-state index in [1.165, 1.54) is 0 Å². The van der Waals surface area contributed by atoms with Crippen LogP contribution in [0, 0.1) is 0 Å². The van der Waals surface area contributed by atoms with Crippen LogP contribution >= 0.6 is 0 Å². The summed E-state index contributed by atoms with van der Waals surface area (Å²) >= 11 is 0. The number of nitrogens with zero attached hydrogens (tertiary/aromatic N) is 3. The Balaban J connectivity index is 1.95. The Morgan fingerprint density at radius 2 is 2.10 bits per heavy atom. The van der Waals surface area contributed by atoms with Gasteiger partial charge in [-0.3, -0.25) is 4.98 Å². The summed E-state index contributed by atoms with van der Waals surface area (Å²) in [7, 11) is 0. The molecule has 3 rings (SSSR count).